The molecular weight excluding hydrogens is 321 g/mol. The Kier molecular flexibility index (Phi) is 5.18. The molecule has 1 fully saturated rings. The first kappa shape index (κ1) is 17.6. The molecule has 1 aliphatic rings. The summed E-state index contributed by atoms with van der Waals surface area (Å²) in [5.74, 6) is -0.146. The fraction of sp³-hybridized carbons (Fsp3) is 0.474. The summed E-state index contributed by atoms with van der Waals surface area (Å²) in [7, 11) is 1.92. The van der Waals surface area contributed by atoms with Gasteiger partial charge in [0.1, 0.15) is 11.9 Å². The molecule has 0 spiro atoms. The molecule has 0 aliphatic carbocycles. The molecule has 1 aliphatic heterocycles. The summed E-state index contributed by atoms with van der Waals surface area (Å²) in [5.41, 5.74) is 4.15. The number of nitrogens with zero attached hydrogens (tertiary/aromatic N) is 3. The van der Waals surface area contributed by atoms with Crippen molar-refractivity contribution in [2.24, 2.45) is 7.05 Å². The Morgan fingerprint density at radius 1 is 1.32 bits per heavy atom. The first-order valence-electron chi connectivity index (χ1n) is 8.59. The second kappa shape index (κ2) is 7.35. The zero-order valence-corrected chi connectivity index (χ0v) is 15.0. The Balaban J connectivity index is 1.61. The monoisotopic (exact) mass is 345 g/mol. The highest BCUT2D eigenvalue weighted by molar-refractivity contribution is 5.76. The van der Waals surface area contributed by atoms with Crippen molar-refractivity contribution in [1.82, 2.24) is 14.7 Å². The van der Waals surface area contributed by atoms with Crippen LogP contribution in [0.5, 0.6) is 0 Å². The van der Waals surface area contributed by atoms with Gasteiger partial charge < -0.3 is 9.64 Å². The van der Waals surface area contributed by atoms with Crippen molar-refractivity contribution in [2.75, 3.05) is 19.7 Å². The lowest BCUT2D eigenvalue weighted by molar-refractivity contribution is -0.139. The van der Waals surface area contributed by atoms with Crippen LogP contribution in [0.2, 0.25) is 0 Å². The molecule has 2 heterocycles. The number of morpholine rings is 1. The van der Waals surface area contributed by atoms with Gasteiger partial charge in [-0.05, 0) is 43.5 Å². The number of amides is 1. The minimum atomic E-state index is -0.269. The number of halogens is 1. The van der Waals surface area contributed by atoms with E-state index in [0.29, 0.717) is 32.5 Å². The number of rotatable bonds is 4. The smallest absolute Gasteiger partial charge is 0.223 e. The van der Waals surface area contributed by atoms with E-state index in [4.69, 9.17) is 4.74 Å². The number of ether oxygens (including phenoxy) is 1. The fourth-order valence-corrected chi connectivity index (χ4v) is 3.32. The van der Waals surface area contributed by atoms with E-state index in [-0.39, 0.29) is 17.8 Å². The van der Waals surface area contributed by atoms with Crippen molar-refractivity contribution in [3.05, 3.63) is 52.6 Å². The van der Waals surface area contributed by atoms with Gasteiger partial charge in [0.25, 0.3) is 0 Å². The Morgan fingerprint density at radius 3 is 2.68 bits per heavy atom. The van der Waals surface area contributed by atoms with Gasteiger partial charge in [-0.3, -0.25) is 9.48 Å². The van der Waals surface area contributed by atoms with Crippen molar-refractivity contribution in [1.29, 1.82) is 0 Å². The maximum absolute atomic E-state index is 13.1. The molecule has 6 heteroatoms. The second-order valence-corrected chi connectivity index (χ2v) is 6.52. The third kappa shape index (κ3) is 3.90. The van der Waals surface area contributed by atoms with Crippen molar-refractivity contribution < 1.29 is 13.9 Å². The predicted octanol–water partition coefficient (Wildman–Crippen LogP) is 2.71. The second-order valence-electron chi connectivity index (χ2n) is 6.52. The van der Waals surface area contributed by atoms with Gasteiger partial charge in [-0.2, -0.15) is 5.10 Å². The number of hydrogen-bond donors (Lipinski definition) is 0. The molecule has 1 saturated heterocycles. The number of carbonyl (C=O) groups is 1. The standard InChI is InChI=1S/C19H24FN3O2/c1-13-17(14(2)22(3)21-13)8-9-19(24)23-10-11-25-18(12-23)15-4-6-16(20)7-5-15/h4-7,18H,8-12H2,1-3H3/t18-/m0/s1. The van der Waals surface area contributed by atoms with Gasteiger partial charge in [-0.1, -0.05) is 12.1 Å². The van der Waals surface area contributed by atoms with Crippen molar-refractivity contribution in [3.63, 3.8) is 0 Å². The molecule has 0 radical (unpaired) electrons. The molecular formula is C19H24FN3O2. The number of hydrogen-bond acceptors (Lipinski definition) is 3. The average molecular weight is 345 g/mol. The summed E-state index contributed by atoms with van der Waals surface area (Å²) < 4.78 is 20.7. The van der Waals surface area contributed by atoms with E-state index in [1.165, 1.54) is 12.1 Å². The molecule has 25 heavy (non-hydrogen) atoms. The Bertz CT molecular complexity index is 755. The Morgan fingerprint density at radius 2 is 2.04 bits per heavy atom. The normalized spacial score (nSPS) is 17.8. The minimum absolute atomic E-state index is 0.123. The van der Waals surface area contributed by atoms with E-state index in [0.717, 1.165) is 22.5 Å². The minimum Gasteiger partial charge on any atom is -0.370 e. The van der Waals surface area contributed by atoms with Gasteiger partial charge >= 0.3 is 0 Å². The van der Waals surface area contributed by atoms with Gasteiger partial charge in [-0.15, -0.1) is 0 Å². The largest absolute Gasteiger partial charge is 0.370 e. The molecule has 0 unspecified atom stereocenters. The van der Waals surface area contributed by atoms with Crippen LogP contribution in [-0.2, 0) is 23.0 Å². The Hall–Kier alpha value is -2.21. The Labute approximate surface area is 147 Å². The lowest BCUT2D eigenvalue weighted by Gasteiger charge is -2.33. The molecule has 1 aromatic heterocycles. The molecule has 1 aromatic carbocycles. The van der Waals surface area contributed by atoms with E-state index in [9.17, 15) is 9.18 Å². The van der Waals surface area contributed by atoms with Crippen molar-refractivity contribution in [3.8, 4) is 0 Å². The quantitative estimate of drug-likeness (QED) is 0.856. The highest BCUT2D eigenvalue weighted by Crippen LogP contribution is 2.23. The van der Waals surface area contributed by atoms with Crippen LogP contribution in [-0.4, -0.2) is 40.3 Å². The molecule has 0 bridgehead atoms. The van der Waals surface area contributed by atoms with Crippen molar-refractivity contribution >= 4 is 5.91 Å². The van der Waals surface area contributed by atoms with E-state index in [2.05, 4.69) is 5.10 Å². The van der Waals surface area contributed by atoms with Crippen LogP contribution < -0.4 is 0 Å². The van der Waals surface area contributed by atoms with Crippen LogP contribution in [0.25, 0.3) is 0 Å². The molecule has 134 valence electrons. The van der Waals surface area contributed by atoms with E-state index < -0.39 is 0 Å². The van der Waals surface area contributed by atoms with E-state index in [1.54, 1.807) is 12.1 Å². The van der Waals surface area contributed by atoms with Gasteiger partial charge in [0.15, 0.2) is 0 Å². The number of benzene rings is 1. The lowest BCUT2D eigenvalue weighted by Crippen LogP contribution is -2.42. The average Bonchev–Trinajstić information content (AvgIpc) is 2.85. The number of carbonyl (C=O) groups excluding carboxylic acids is 1. The maximum Gasteiger partial charge on any atom is 0.223 e. The van der Waals surface area contributed by atoms with Gasteiger partial charge in [-0.25, -0.2) is 4.39 Å². The lowest BCUT2D eigenvalue weighted by atomic mass is 10.1. The number of aromatic nitrogens is 2. The summed E-state index contributed by atoms with van der Waals surface area (Å²) in [6.45, 7) is 5.61. The maximum atomic E-state index is 13.1. The molecule has 2 aromatic rings. The third-order valence-electron chi connectivity index (χ3n) is 4.91. The topological polar surface area (TPSA) is 47.4 Å². The first-order valence-corrected chi connectivity index (χ1v) is 8.59. The predicted molar refractivity (Wildman–Crippen MR) is 92.7 cm³/mol. The summed E-state index contributed by atoms with van der Waals surface area (Å²) in [6, 6.07) is 6.29. The third-order valence-corrected chi connectivity index (χ3v) is 4.91. The van der Waals surface area contributed by atoms with Gasteiger partial charge in [0, 0.05) is 25.7 Å². The van der Waals surface area contributed by atoms with Gasteiger partial charge in [0.2, 0.25) is 5.91 Å². The zero-order valence-electron chi connectivity index (χ0n) is 15.0. The fourth-order valence-electron chi connectivity index (χ4n) is 3.32. The van der Waals surface area contributed by atoms with Crippen LogP contribution >= 0.6 is 0 Å². The highest BCUT2D eigenvalue weighted by atomic mass is 19.1. The van der Waals surface area contributed by atoms with Crippen molar-refractivity contribution in [2.45, 2.75) is 32.8 Å². The first-order chi connectivity index (χ1) is 12.0. The molecule has 1 atom stereocenters. The summed E-state index contributed by atoms with van der Waals surface area (Å²) in [6.07, 6.45) is 0.965. The summed E-state index contributed by atoms with van der Waals surface area (Å²) in [4.78, 5) is 14.5. The zero-order chi connectivity index (χ0) is 18.0. The molecule has 0 N–H and O–H groups in total. The van der Waals surface area contributed by atoms with Crippen LogP contribution in [0, 0.1) is 19.7 Å². The SMILES string of the molecule is Cc1nn(C)c(C)c1CCC(=O)N1CCO[C@H](c2ccc(F)cc2)C1. The summed E-state index contributed by atoms with van der Waals surface area (Å²) >= 11 is 0. The van der Waals surface area contributed by atoms with E-state index >= 15 is 0 Å². The molecule has 5 nitrogen and oxygen atoms in total. The number of aryl methyl sites for hydroxylation is 2. The van der Waals surface area contributed by atoms with Crippen LogP contribution in [0.1, 0.15) is 35.0 Å². The molecule has 0 saturated carbocycles. The molecule has 1 amide bonds. The van der Waals surface area contributed by atoms with Crippen LogP contribution in [0.4, 0.5) is 4.39 Å². The van der Waals surface area contributed by atoms with E-state index in [1.807, 2.05) is 30.5 Å². The van der Waals surface area contributed by atoms with Gasteiger partial charge in [0.05, 0.1) is 18.8 Å². The van der Waals surface area contributed by atoms with Crippen LogP contribution in [0.15, 0.2) is 24.3 Å². The summed E-state index contributed by atoms with van der Waals surface area (Å²) in [5, 5.41) is 4.40. The molecule has 3 rings (SSSR count). The highest BCUT2D eigenvalue weighted by Gasteiger charge is 2.25. The van der Waals surface area contributed by atoms with Crippen LogP contribution in [0.3, 0.4) is 0 Å².